The first-order valence-electron chi connectivity index (χ1n) is 6.99. The van der Waals surface area contributed by atoms with Crippen molar-refractivity contribution in [3.8, 4) is 0 Å². The average Bonchev–Trinajstić information content (AvgIpc) is 2.89. The molecule has 0 aromatic carbocycles. The van der Waals surface area contributed by atoms with Crippen LogP contribution in [0, 0.1) is 5.92 Å². The topological polar surface area (TPSA) is 37.6 Å². The molecule has 1 amide bonds. The number of hydrogen-bond acceptors (Lipinski definition) is 2. The molecule has 1 atom stereocenters. The Morgan fingerprint density at radius 1 is 1.32 bits per heavy atom. The third-order valence-electron chi connectivity index (χ3n) is 3.70. The fourth-order valence-electron chi connectivity index (χ4n) is 2.17. The van der Waals surface area contributed by atoms with Crippen LogP contribution in [0.15, 0.2) is 30.7 Å². The highest BCUT2D eigenvalue weighted by atomic mass is 19.4. The molecule has 2 aromatic heterocycles. The maximum atomic E-state index is 12.8. The zero-order chi connectivity index (χ0) is 16.5. The number of carbonyl (C=O) groups is 1. The van der Waals surface area contributed by atoms with Gasteiger partial charge in [0.15, 0.2) is 0 Å². The van der Waals surface area contributed by atoms with Crippen molar-refractivity contribution in [3.63, 3.8) is 0 Å². The Hall–Kier alpha value is -2.05. The molecule has 120 valence electrons. The Kier molecular flexibility index (Phi) is 4.44. The van der Waals surface area contributed by atoms with Crippen LogP contribution in [-0.4, -0.2) is 39.0 Å². The molecular formula is C15H18F3N3O. The van der Waals surface area contributed by atoms with Crippen molar-refractivity contribution in [2.75, 3.05) is 6.54 Å². The van der Waals surface area contributed by atoms with E-state index in [4.69, 9.17) is 0 Å². The molecular weight excluding hydrogens is 295 g/mol. The maximum Gasteiger partial charge on any atom is 0.406 e. The third kappa shape index (κ3) is 3.58. The van der Waals surface area contributed by atoms with Gasteiger partial charge >= 0.3 is 6.18 Å². The van der Waals surface area contributed by atoms with Crippen LogP contribution in [0.4, 0.5) is 13.2 Å². The summed E-state index contributed by atoms with van der Waals surface area (Å²) in [4.78, 5) is 17.4. The van der Waals surface area contributed by atoms with Crippen molar-refractivity contribution in [1.82, 2.24) is 14.3 Å². The number of aromatic nitrogens is 2. The minimum absolute atomic E-state index is 0.0803. The van der Waals surface area contributed by atoms with Crippen LogP contribution >= 0.6 is 0 Å². The molecule has 0 saturated carbocycles. The van der Waals surface area contributed by atoms with Crippen molar-refractivity contribution in [3.05, 3.63) is 36.3 Å². The monoisotopic (exact) mass is 313 g/mol. The van der Waals surface area contributed by atoms with E-state index >= 15 is 0 Å². The maximum absolute atomic E-state index is 12.8. The van der Waals surface area contributed by atoms with Gasteiger partial charge in [0, 0.05) is 24.6 Å². The fraction of sp³-hybridized carbons (Fsp3) is 0.467. The minimum atomic E-state index is -4.43. The SMILES string of the molecule is CC(C)[C@H](C)N(CC(F)(F)F)C(=O)c1ccc2nccn2c1. The minimum Gasteiger partial charge on any atom is -0.327 e. The predicted molar refractivity (Wildman–Crippen MR) is 76.6 cm³/mol. The van der Waals surface area contributed by atoms with E-state index in [0.29, 0.717) is 5.65 Å². The first-order chi connectivity index (χ1) is 10.2. The molecule has 22 heavy (non-hydrogen) atoms. The number of imidazole rings is 1. The van der Waals surface area contributed by atoms with Crippen LogP contribution in [0.1, 0.15) is 31.1 Å². The summed E-state index contributed by atoms with van der Waals surface area (Å²) >= 11 is 0. The number of alkyl halides is 3. The van der Waals surface area contributed by atoms with Gasteiger partial charge in [0.1, 0.15) is 12.2 Å². The molecule has 0 fully saturated rings. The van der Waals surface area contributed by atoms with Crippen molar-refractivity contribution in [2.24, 2.45) is 5.92 Å². The number of amides is 1. The van der Waals surface area contributed by atoms with Gasteiger partial charge in [-0.2, -0.15) is 13.2 Å². The molecule has 0 N–H and O–H groups in total. The van der Waals surface area contributed by atoms with Crippen LogP contribution in [0.2, 0.25) is 0 Å². The Balaban J connectivity index is 2.34. The van der Waals surface area contributed by atoms with E-state index in [2.05, 4.69) is 4.98 Å². The van der Waals surface area contributed by atoms with Gasteiger partial charge in [-0.05, 0) is 25.0 Å². The summed E-state index contributed by atoms with van der Waals surface area (Å²) in [5.41, 5.74) is 0.845. The number of nitrogens with zero attached hydrogens (tertiary/aromatic N) is 3. The molecule has 7 heteroatoms. The number of halogens is 3. The van der Waals surface area contributed by atoms with Crippen LogP contribution in [-0.2, 0) is 0 Å². The van der Waals surface area contributed by atoms with E-state index in [1.165, 1.54) is 12.3 Å². The highest BCUT2D eigenvalue weighted by Crippen LogP contribution is 2.22. The Labute approximate surface area is 126 Å². The molecule has 0 aliphatic carbocycles. The largest absolute Gasteiger partial charge is 0.406 e. The Morgan fingerprint density at radius 2 is 2.00 bits per heavy atom. The zero-order valence-electron chi connectivity index (χ0n) is 12.6. The molecule has 4 nitrogen and oxygen atoms in total. The van der Waals surface area contributed by atoms with E-state index in [9.17, 15) is 18.0 Å². The summed E-state index contributed by atoms with van der Waals surface area (Å²) < 4.78 is 40.0. The fourth-order valence-corrected chi connectivity index (χ4v) is 2.17. The normalized spacial score (nSPS) is 13.6. The lowest BCUT2D eigenvalue weighted by Gasteiger charge is -2.32. The van der Waals surface area contributed by atoms with Crippen LogP contribution in [0.5, 0.6) is 0 Å². The highest BCUT2D eigenvalue weighted by molar-refractivity contribution is 5.94. The van der Waals surface area contributed by atoms with Gasteiger partial charge in [-0.1, -0.05) is 13.8 Å². The van der Waals surface area contributed by atoms with Crippen molar-refractivity contribution in [1.29, 1.82) is 0 Å². The standard InChI is InChI=1S/C15H18F3N3O/c1-10(2)11(3)21(9-15(16,17)18)14(22)12-4-5-13-19-6-7-20(13)8-12/h4-8,10-11H,9H2,1-3H3/t11-/m0/s1. The average molecular weight is 313 g/mol. The summed E-state index contributed by atoms with van der Waals surface area (Å²) in [6, 6.07) is 2.59. The summed E-state index contributed by atoms with van der Waals surface area (Å²) in [5, 5.41) is 0. The molecule has 0 aliphatic rings. The van der Waals surface area contributed by atoms with Gasteiger partial charge in [-0.25, -0.2) is 4.98 Å². The number of fused-ring (bicyclic) bond motifs is 1. The van der Waals surface area contributed by atoms with Gasteiger partial charge < -0.3 is 9.30 Å². The molecule has 0 unspecified atom stereocenters. The number of hydrogen-bond donors (Lipinski definition) is 0. The van der Waals surface area contributed by atoms with Crippen LogP contribution < -0.4 is 0 Å². The lowest BCUT2D eigenvalue weighted by Crippen LogP contribution is -2.46. The lowest BCUT2D eigenvalue weighted by molar-refractivity contribution is -0.145. The van der Waals surface area contributed by atoms with E-state index in [1.807, 2.05) is 0 Å². The summed E-state index contributed by atoms with van der Waals surface area (Å²) in [7, 11) is 0. The number of rotatable bonds is 4. The molecule has 0 bridgehead atoms. The van der Waals surface area contributed by atoms with Crippen LogP contribution in [0.3, 0.4) is 0 Å². The molecule has 2 aromatic rings. The quantitative estimate of drug-likeness (QED) is 0.868. The highest BCUT2D eigenvalue weighted by Gasteiger charge is 2.36. The molecule has 0 saturated heterocycles. The lowest BCUT2D eigenvalue weighted by atomic mass is 10.0. The van der Waals surface area contributed by atoms with Crippen molar-refractivity contribution < 1.29 is 18.0 Å². The zero-order valence-corrected chi connectivity index (χ0v) is 12.6. The van der Waals surface area contributed by atoms with Gasteiger partial charge in [0.05, 0.1) is 5.56 Å². The van der Waals surface area contributed by atoms with E-state index in [-0.39, 0.29) is 11.5 Å². The van der Waals surface area contributed by atoms with E-state index in [0.717, 1.165) is 4.90 Å². The second-order valence-electron chi connectivity index (χ2n) is 5.64. The first-order valence-corrected chi connectivity index (χ1v) is 6.99. The van der Waals surface area contributed by atoms with Gasteiger partial charge in [0.25, 0.3) is 5.91 Å². The van der Waals surface area contributed by atoms with Gasteiger partial charge in [-0.15, -0.1) is 0 Å². The Morgan fingerprint density at radius 3 is 2.59 bits per heavy atom. The number of pyridine rings is 1. The third-order valence-corrected chi connectivity index (χ3v) is 3.70. The second kappa shape index (κ2) is 5.98. The molecule has 0 spiro atoms. The molecule has 0 radical (unpaired) electrons. The van der Waals surface area contributed by atoms with Gasteiger partial charge in [-0.3, -0.25) is 4.79 Å². The summed E-state index contributed by atoms with van der Waals surface area (Å²) in [6.45, 7) is 3.96. The van der Waals surface area contributed by atoms with Gasteiger partial charge in [0.2, 0.25) is 0 Å². The summed E-state index contributed by atoms with van der Waals surface area (Å²) in [5.74, 6) is -0.711. The smallest absolute Gasteiger partial charge is 0.327 e. The molecule has 0 aliphatic heterocycles. The molecule has 2 rings (SSSR count). The molecule has 2 heterocycles. The van der Waals surface area contributed by atoms with E-state index < -0.39 is 24.7 Å². The van der Waals surface area contributed by atoms with Crippen LogP contribution in [0.25, 0.3) is 5.65 Å². The van der Waals surface area contributed by atoms with E-state index in [1.54, 1.807) is 43.6 Å². The number of carbonyl (C=O) groups excluding carboxylic acids is 1. The van der Waals surface area contributed by atoms with Crippen molar-refractivity contribution in [2.45, 2.75) is 33.0 Å². The Bertz CT molecular complexity index is 663. The predicted octanol–water partition coefficient (Wildman–Crippen LogP) is 3.38. The van der Waals surface area contributed by atoms with Crippen molar-refractivity contribution >= 4 is 11.6 Å². The first kappa shape index (κ1) is 16.3. The second-order valence-corrected chi connectivity index (χ2v) is 5.64. The summed E-state index contributed by atoms with van der Waals surface area (Å²) in [6.07, 6.45) is 0.277.